The normalized spacial score (nSPS) is 16.9. The third-order valence-corrected chi connectivity index (χ3v) is 5.31. The number of fused-ring (bicyclic) bond motifs is 1. The minimum Gasteiger partial charge on any atom is -0.476 e. The summed E-state index contributed by atoms with van der Waals surface area (Å²) >= 11 is 0. The van der Waals surface area contributed by atoms with Crippen molar-refractivity contribution in [3.8, 4) is 5.75 Å². The molecule has 0 spiro atoms. The van der Waals surface area contributed by atoms with Gasteiger partial charge in [-0.05, 0) is 36.8 Å². The van der Waals surface area contributed by atoms with Crippen LogP contribution < -0.4 is 14.4 Å². The molecule has 1 amide bonds. The van der Waals surface area contributed by atoms with E-state index in [0.717, 1.165) is 28.3 Å². The first-order chi connectivity index (χ1) is 13.0. The van der Waals surface area contributed by atoms with Crippen LogP contribution in [0.2, 0.25) is 0 Å². The molecule has 0 bridgehead atoms. The van der Waals surface area contributed by atoms with E-state index in [2.05, 4.69) is 5.32 Å². The van der Waals surface area contributed by atoms with Crippen LogP contribution in [0.15, 0.2) is 42.5 Å². The van der Waals surface area contributed by atoms with Crippen molar-refractivity contribution in [3.05, 3.63) is 53.6 Å². The summed E-state index contributed by atoms with van der Waals surface area (Å²) in [7, 11) is -3.73. The molecule has 0 aliphatic carbocycles. The highest BCUT2D eigenvalue weighted by atomic mass is 32.2. The molecular formula is C18H17F3N2O4S. The minimum absolute atomic E-state index is 0.159. The molecule has 2 aromatic carbocycles. The van der Waals surface area contributed by atoms with Crippen LogP contribution in [0.25, 0.3) is 0 Å². The summed E-state index contributed by atoms with van der Waals surface area (Å²) < 4.78 is 70.3. The Hall–Kier alpha value is -2.75. The van der Waals surface area contributed by atoms with Crippen LogP contribution in [0.4, 0.5) is 24.5 Å². The first-order valence-electron chi connectivity index (χ1n) is 8.19. The van der Waals surface area contributed by atoms with Crippen molar-refractivity contribution in [2.75, 3.05) is 22.4 Å². The Morgan fingerprint density at radius 1 is 1.21 bits per heavy atom. The highest BCUT2D eigenvalue weighted by molar-refractivity contribution is 7.92. The van der Waals surface area contributed by atoms with E-state index in [1.165, 1.54) is 18.2 Å². The second-order valence-electron chi connectivity index (χ2n) is 6.40. The van der Waals surface area contributed by atoms with Gasteiger partial charge in [0.15, 0.2) is 6.10 Å². The predicted octanol–water partition coefficient (Wildman–Crippen LogP) is 3.18. The molecule has 1 atom stereocenters. The number of amides is 1. The Kier molecular flexibility index (Phi) is 5.00. The molecule has 10 heteroatoms. The molecule has 0 unspecified atom stereocenters. The van der Waals surface area contributed by atoms with Crippen LogP contribution in [0, 0.1) is 6.92 Å². The highest BCUT2D eigenvalue weighted by Crippen LogP contribution is 2.37. The quantitative estimate of drug-likeness (QED) is 0.837. The molecule has 0 fully saturated rings. The zero-order chi connectivity index (χ0) is 20.7. The molecule has 2 aromatic rings. The smallest absolute Gasteiger partial charge is 0.418 e. The number of nitrogens with zero attached hydrogens (tertiary/aromatic N) is 1. The number of sulfonamides is 1. The number of hydrogen-bond acceptors (Lipinski definition) is 4. The molecular weight excluding hydrogens is 397 g/mol. The zero-order valence-electron chi connectivity index (χ0n) is 14.9. The summed E-state index contributed by atoms with van der Waals surface area (Å²) in [6.07, 6.45) is -4.98. The first-order valence-corrected chi connectivity index (χ1v) is 10.0. The number of hydrogen-bond donors (Lipinski definition) is 1. The summed E-state index contributed by atoms with van der Waals surface area (Å²) in [6, 6.07) is 9.33. The van der Waals surface area contributed by atoms with Gasteiger partial charge in [-0.25, -0.2) is 8.42 Å². The standard InChI is InChI=1S/C18H17F3N2O4S/c1-11-7-8-15-14(9-11)23(28(2,25)26)10-16(27-15)17(24)22-13-6-4-3-5-12(13)18(19,20)21/h3-9,16H,10H2,1-2H3,(H,22,24)/t16-/m0/s1. The van der Waals surface area contributed by atoms with Crippen LogP contribution in [0.3, 0.4) is 0 Å². The number of aryl methyl sites for hydroxylation is 1. The van der Waals surface area contributed by atoms with Crippen molar-refractivity contribution in [1.29, 1.82) is 0 Å². The molecule has 150 valence electrons. The van der Waals surface area contributed by atoms with Crippen molar-refractivity contribution in [2.24, 2.45) is 0 Å². The van der Waals surface area contributed by atoms with Gasteiger partial charge in [0.05, 0.1) is 29.7 Å². The fraction of sp³-hybridized carbons (Fsp3) is 0.278. The fourth-order valence-corrected chi connectivity index (χ4v) is 3.77. The molecule has 0 saturated heterocycles. The van der Waals surface area contributed by atoms with Gasteiger partial charge in [-0.2, -0.15) is 13.2 Å². The van der Waals surface area contributed by atoms with Crippen molar-refractivity contribution in [1.82, 2.24) is 0 Å². The van der Waals surface area contributed by atoms with Crippen LogP contribution in [-0.4, -0.2) is 33.2 Å². The van der Waals surface area contributed by atoms with E-state index in [1.807, 2.05) is 0 Å². The van der Waals surface area contributed by atoms with Crippen molar-refractivity contribution in [3.63, 3.8) is 0 Å². The van der Waals surface area contributed by atoms with Crippen molar-refractivity contribution < 1.29 is 31.1 Å². The summed E-state index contributed by atoms with van der Waals surface area (Å²) in [5, 5.41) is 2.20. The number of ether oxygens (including phenoxy) is 1. The third kappa shape index (κ3) is 4.06. The van der Waals surface area contributed by atoms with Crippen LogP contribution in [0.1, 0.15) is 11.1 Å². The third-order valence-electron chi connectivity index (χ3n) is 4.17. The second-order valence-corrected chi connectivity index (χ2v) is 8.31. The van der Waals surface area contributed by atoms with Gasteiger partial charge in [-0.15, -0.1) is 0 Å². The number of para-hydroxylation sites is 1. The average Bonchev–Trinajstić information content (AvgIpc) is 2.59. The number of nitrogens with one attached hydrogen (secondary N) is 1. The maximum atomic E-state index is 13.1. The highest BCUT2D eigenvalue weighted by Gasteiger charge is 2.37. The van der Waals surface area contributed by atoms with E-state index >= 15 is 0 Å². The molecule has 6 nitrogen and oxygen atoms in total. The number of carbonyl (C=O) groups excluding carboxylic acids is 1. The lowest BCUT2D eigenvalue weighted by Gasteiger charge is -2.34. The SMILES string of the molecule is Cc1ccc2c(c1)N(S(C)(=O)=O)C[C@@H](C(=O)Nc1ccccc1C(F)(F)F)O2. The molecule has 1 aliphatic heterocycles. The number of benzene rings is 2. The number of halogens is 3. The molecule has 1 heterocycles. The van der Waals surface area contributed by atoms with Gasteiger partial charge in [-0.1, -0.05) is 18.2 Å². The van der Waals surface area contributed by atoms with Gasteiger partial charge in [0, 0.05) is 0 Å². The van der Waals surface area contributed by atoms with Gasteiger partial charge in [0.1, 0.15) is 5.75 Å². The topological polar surface area (TPSA) is 75.7 Å². The Morgan fingerprint density at radius 2 is 1.89 bits per heavy atom. The van der Waals surface area contributed by atoms with E-state index < -0.39 is 39.5 Å². The summed E-state index contributed by atoms with van der Waals surface area (Å²) in [5.74, 6) is -0.719. The summed E-state index contributed by atoms with van der Waals surface area (Å²) in [4.78, 5) is 12.6. The molecule has 1 N–H and O–H groups in total. The van der Waals surface area contributed by atoms with Crippen LogP contribution >= 0.6 is 0 Å². The Bertz CT molecular complexity index is 1020. The number of carbonyl (C=O) groups is 1. The van der Waals surface area contributed by atoms with Gasteiger partial charge in [-0.3, -0.25) is 9.10 Å². The lowest BCUT2D eigenvalue weighted by molar-refractivity contribution is -0.137. The van der Waals surface area contributed by atoms with Gasteiger partial charge >= 0.3 is 6.18 Å². The lowest BCUT2D eigenvalue weighted by atomic mass is 10.1. The summed E-state index contributed by atoms with van der Waals surface area (Å²) in [5.41, 5.74) is -0.361. The maximum absolute atomic E-state index is 13.1. The first kappa shape index (κ1) is 20.0. The molecule has 1 aliphatic rings. The Balaban J connectivity index is 1.91. The molecule has 28 heavy (non-hydrogen) atoms. The zero-order valence-corrected chi connectivity index (χ0v) is 15.8. The Morgan fingerprint density at radius 3 is 2.54 bits per heavy atom. The van der Waals surface area contributed by atoms with Crippen LogP contribution in [0.5, 0.6) is 5.75 Å². The number of anilines is 2. The van der Waals surface area contributed by atoms with E-state index in [-0.39, 0.29) is 18.0 Å². The second kappa shape index (κ2) is 7.01. The van der Waals surface area contributed by atoms with Gasteiger partial charge in [0.25, 0.3) is 5.91 Å². The maximum Gasteiger partial charge on any atom is 0.418 e. The number of rotatable bonds is 3. The van der Waals surface area contributed by atoms with Crippen LogP contribution in [-0.2, 0) is 21.0 Å². The molecule has 0 saturated carbocycles. The van der Waals surface area contributed by atoms with E-state index in [4.69, 9.17) is 4.74 Å². The monoisotopic (exact) mass is 414 g/mol. The van der Waals surface area contributed by atoms with E-state index in [9.17, 15) is 26.4 Å². The van der Waals surface area contributed by atoms with E-state index in [1.54, 1.807) is 19.1 Å². The molecule has 0 radical (unpaired) electrons. The minimum atomic E-state index is -4.65. The molecule has 3 rings (SSSR count). The predicted molar refractivity (Wildman–Crippen MR) is 97.9 cm³/mol. The van der Waals surface area contributed by atoms with Crippen molar-refractivity contribution in [2.45, 2.75) is 19.2 Å². The lowest BCUT2D eigenvalue weighted by Crippen LogP contribution is -2.48. The van der Waals surface area contributed by atoms with Gasteiger partial charge in [0.2, 0.25) is 10.0 Å². The largest absolute Gasteiger partial charge is 0.476 e. The Labute approximate surface area is 160 Å². The van der Waals surface area contributed by atoms with Crippen molar-refractivity contribution >= 4 is 27.3 Å². The fourth-order valence-electron chi connectivity index (χ4n) is 2.86. The summed E-state index contributed by atoms with van der Waals surface area (Å²) in [6.45, 7) is 1.42. The molecule has 0 aromatic heterocycles. The number of alkyl halides is 3. The van der Waals surface area contributed by atoms with E-state index in [0.29, 0.717) is 0 Å². The van der Waals surface area contributed by atoms with Gasteiger partial charge < -0.3 is 10.1 Å². The average molecular weight is 414 g/mol.